The van der Waals surface area contributed by atoms with Gasteiger partial charge in [-0.15, -0.1) is 0 Å². The van der Waals surface area contributed by atoms with Gasteiger partial charge in [0.1, 0.15) is 0 Å². The van der Waals surface area contributed by atoms with Gasteiger partial charge in [0.05, 0.1) is 19.3 Å². The molecule has 0 spiro atoms. The quantitative estimate of drug-likeness (QED) is 0.479. The Labute approximate surface area is 123 Å². The third-order valence-corrected chi connectivity index (χ3v) is 3.22. The van der Waals surface area contributed by atoms with Gasteiger partial charge in [-0.1, -0.05) is 30.3 Å². The second-order valence-corrected chi connectivity index (χ2v) is 4.81. The smallest absolute Gasteiger partial charge is 0.323 e. The molecule has 1 aromatic rings. The number of benzene rings is 1. The molecule has 0 aliphatic carbocycles. The molecule has 0 aromatic heterocycles. The summed E-state index contributed by atoms with van der Waals surface area (Å²) in [6.45, 7) is 0.997. The first kappa shape index (κ1) is 17.1. The van der Waals surface area contributed by atoms with Crippen LogP contribution in [0.5, 0.6) is 0 Å². The molecule has 0 fully saturated rings. The topological polar surface area (TPSA) is 104 Å². The average Bonchev–Trinajstić information content (AvgIpc) is 2.47. The van der Waals surface area contributed by atoms with Crippen molar-refractivity contribution in [1.82, 2.24) is 0 Å². The summed E-state index contributed by atoms with van der Waals surface area (Å²) in [6, 6.07) is 8.63. The van der Waals surface area contributed by atoms with E-state index in [4.69, 9.17) is 9.84 Å². The molecule has 116 valence electrons. The van der Waals surface area contributed by atoms with Gasteiger partial charge < -0.3 is 20.1 Å². The molecule has 1 aromatic carbocycles. The van der Waals surface area contributed by atoms with Crippen molar-refractivity contribution < 1.29 is 29.6 Å². The van der Waals surface area contributed by atoms with Gasteiger partial charge in [0.2, 0.25) is 0 Å². The first-order chi connectivity index (χ1) is 9.96. The van der Waals surface area contributed by atoms with E-state index in [0.29, 0.717) is 5.56 Å². The second-order valence-electron chi connectivity index (χ2n) is 4.81. The minimum absolute atomic E-state index is 0.0396. The number of carboxylic acids is 1. The fourth-order valence-electron chi connectivity index (χ4n) is 2.16. The molecule has 3 N–H and O–H groups in total. The minimum atomic E-state index is -1.92. The molecule has 2 unspecified atom stereocenters. The Morgan fingerprint density at radius 2 is 1.90 bits per heavy atom. The van der Waals surface area contributed by atoms with Gasteiger partial charge >= 0.3 is 11.9 Å². The minimum Gasteiger partial charge on any atom is -0.480 e. The summed E-state index contributed by atoms with van der Waals surface area (Å²) in [7, 11) is 0. The molecule has 6 heteroatoms. The fraction of sp³-hybridized carbons (Fsp3) is 0.467. The van der Waals surface area contributed by atoms with Crippen LogP contribution in [0.3, 0.4) is 0 Å². The molecule has 0 aliphatic heterocycles. The zero-order valence-corrected chi connectivity index (χ0v) is 11.9. The predicted octanol–water partition coefficient (Wildman–Crippen LogP) is 0.606. The van der Waals surface area contributed by atoms with Gasteiger partial charge in [-0.3, -0.25) is 9.59 Å². The largest absolute Gasteiger partial charge is 0.480 e. The molecule has 0 amide bonds. The van der Waals surface area contributed by atoms with E-state index in [1.165, 1.54) is 0 Å². The van der Waals surface area contributed by atoms with Crippen molar-refractivity contribution >= 4 is 11.9 Å². The van der Waals surface area contributed by atoms with Crippen molar-refractivity contribution in [2.24, 2.45) is 5.41 Å². The summed E-state index contributed by atoms with van der Waals surface area (Å²) in [6.07, 6.45) is -1.83. The summed E-state index contributed by atoms with van der Waals surface area (Å²) < 4.78 is 4.87. The number of hydrogen-bond acceptors (Lipinski definition) is 5. The number of aliphatic hydroxyl groups is 2. The summed E-state index contributed by atoms with van der Waals surface area (Å²) >= 11 is 0. The number of carbonyl (C=O) groups excluding carboxylic acids is 1. The van der Waals surface area contributed by atoms with E-state index < -0.39 is 36.5 Å². The van der Waals surface area contributed by atoms with Gasteiger partial charge in [-0.05, 0) is 18.9 Å². The second kappa shape index (κ2) is 7.75. The Morgan fingerprint density at radius 1 is 1.29 bits per heavy atom. The molecule has 0 bridgehead atoms. The van der Waals surface area contributed by atoms with Gasteiger partial charge in [0.25, 0.3) is 0 Å². The molecule has 2 atom stereocenters. The maximum absolute atomic E-state index is 12.2. The average molecular weight is 296 g/mol. The first-order valence-electron chi connectivity index (χ1n) is 6.69. The van der Waals surface area contributed by atoms with E-state index in [-0.39, 0.29) is 13.0 Å². The van der Waals surface area contributed by atoms with Crippen LogP contribution in [0.15, 0.2) is 30.3 Å². The van der Waals surface area contributed by atoms with E-state index in [1.54, 1.807) is 37.3 Å². The monoisotopic (exact) mass is 296 g/mol. The number of carboxylic acid groups (broad SMARTS) is 1. The highest BCUT2D eigenvalue weighted by Crippen LogP contribution is 2.31. The molecule has 1 rings (SSSR count). The third kappa shape index (κ3) is 4.27. The summed E-state index contributed by atoms with van der Waals surface area (Å²) in [4.78, 5) is 23.9. The summed E-state index contributed by atoms with van der Waals surface area (Å²) in [5.41, 5.74) is -1.28. The SMILES string of the molecule is CCOC(=O)C(Cc1ccccc1)(CC(O)CO)C(=O)O. The van der Waals surface area contributed by atoms with Gasteiger partial charge in [-0.25, -0.2) is 0 Å². The maximum atomic E-state index is 12.2. The zero-order chi connectivity index (χ0) is 15.9. The van der Waals surface area contributed by atoms with Crippen LogP contribution in [-0.4, -0.2) is 46.6 Å². The molecule has 21 heavy (non-hydrogen) atoms. The van der Waals surface area contributed by atoms with Crippen LogP contribution >= 0.6 is 0 Å². The normalized spacial score (nSPS) is 15.0. The number of ether oxygens (including phenoxy) is 1. The van der Waals surface area contributed by atoms with Crippen LogP contribution in [-0.2, 0) is 20.7 Å². The van der Waals surface area contributed by atoms with Gasteiger partial charge in [-0.2, -0.15) is 0 Å². The lowest BCUT2D eigenvalue weighted by molar-refractivity contribution is -0.171. The van der Waals surface area contributed by atoms with Crippen molar-refractivity contribution in [1.29, 1.82) is 0 Å². The molecule has 6 nitrogen and oxygen atoms in total. The Balaban J connectivity index is 3.16. The number of carbonyl (C=O) groups is 2. The number of aliphatic hydroxyl groups excluding tert-OH is 2. The van der Waals surface area contributed by atoms with E-state index >= 15 is 0 Å². The standard InChI is InChI=1S/C15H20O6/c1-2-21-14(20)15(13(18)19,9-12(17)10-16)8-11-6-4-3-5-7-11/h3-7,12,16-17H,2,8-10H2,1H3,(H,18,19). The highest BCUT2D eigenvalue weighted by molar-refractivity contribution is 5.99. The van der Waals surface area contributed by atoms with Crippen LogP contribution in [0.4, 0.5) is 0 Å². The zero-order valence-electron chi connectivity index (χ0n) is 11.9. The van der Waals surface area contributed by atoms with E-state index in [0.717, 1.165) is 0 Å². The Hall–Kier alpha value is -1.92. The Morgan fingerprint density at radius 3 is 2.38 bits per heavy atom. The van der Waals surface area contributed by atoms with Crippen molar-refractivity contribution in [2.45, 2.75) is 25.9 Å². The van der Waals surface area contributed by atoms with Crippen LogP contribution in [0.25, 0.3) is 0 Å². The van der Waals surface area contributed by atoms with Crippen molar-refractivity contribution in [3.63, 3.8) is 0 Å². The number of hydrogen-bond donors (Lipinski definition) is 3. The summed E-state index contributed by atoms with van der Waals surface area (Å²) in [5, 5.41) is 28.1. The van der Waals surface area contributed by atoms with E-state index in [2.05, 4.69) is 0 Å². The lowest BCUT2D eigenvalue weighted by Gasteiger charge is -2.28. The fourth-order valence-corrected chi connectivity index (χ4v) is 2.16. The molecule has 0 saturated heterocycles. The van der Waals surface area contributed by atoms with Crippen molar-refractivity contribution in [2.75, 3.05) is 13.2 Å². The van der Waals surface area contributed by atoms with E-state index in [9.17, 15) is 19.8 Å². The van der Waals surface area contributed by atoms with Crippen LogP contribution in [0.2, 0.25) is 0 Å². The highest BCUT2D eigenvalue weighted by Gasteiger charge is 2.49. The van der Waals surface area contributed by atoms with Crippen molar-refractivity contribution in [3.8, 4) is 0 Å². The van der Waals surface area contributed by atoms with Crippen LogP contribution in [0, 0.1) is 5.41 Å². The number of esters is 1. The maximum Gasteiger partial charge on any atom is 0.323 e. The highest BCUT2D eigenvalue weighted by atomic mass is 16.5. The Kier molecular flexibility index (Phi) is 6.33. The third-order valence-electron chi connectivity index (χ3n) is 3.22. The first-order valence-corrected chi connectivity index (χ1v) is 6.69. The predicted molar refractivity (Wildman–Crippen MR) is 74.6 cm³/mol. The van der Waals surface area contributed by atoms with Crippen LogP contribution < -0.4 is 0 Å². The summed E-state index contributed by atoms with van der Waals surface area (Å²) in [5.74, 6) is -2.29. The molecule has 0 heterocycles. The number of rotatable bonds is 8. The number of aliphatic carboxylic acids is 1. The molecular formula is C15H20O6. The molecule has 0 saturated carbocycles. The van der Waals surface area contributed by atoms with Crippen molar-refractivity contribution in [3.05, 3.63) is 35.9 Å². The molecular weight excluding hydrogens is 276 g/mol. The lowest BCUT2D eigenvalue weighted by Crippen LogP contribution is -2.45. The Bertz CT molecular complexity index is 472. The van der Waals surface area contributed by atoms with Gasteiger partial charge in [0, 0.05) is 6.42 Å². The lowest BCUT2D eigenvalue weighted by atomic mass is 9.77. The van der Waals surface area contributed by atoms with Crippen LogP contribution in [0.1, 0.15) is 18.9 Å². The van der Waals surface area contributed by atoms with E-state index in [1.807, 2.05) is 0 Å². The van der Waals surface area contributed by atoms with Gasteiger partial charge in [0.15, 0.2) is 5.41 Å². The molecule has 0 radical (unpaired) electrons. The molecule has 0 aliphatic rings.